The van der Waals surface area contributed by atoms with Gasteiger partial charge in [0.05, 0.1) is 6.04 Å². The van der Waals surface area contributed by atoms with Gasteiger partial charge in [-0.3, -0.25) is 4.79 Å². The summed E-state index contributed by atoms with van der Waals surface area (Å²) in [5, 5.41) is 3.56. The van der Waals surface area contributed by atoms with E-state index < -0.39 is 0 Å². The summed E-state index contributed by atoms with van der Waals surface area (Å²) in [5.41, 5.74) is 0.702. The van der Waals surface area contributed by atoms with Crippen molar-refractivity contribution < 1.29 is 4.79 Å². The average Bonchev–Trinajstić information content (AvgIpc) is 3.11. The Hall–Kier alpha value is -0.570. The molecule has 3 heteroatoms. The third-order valence-electron chi connectivity index (χ3n) is 5.46. The molecule has 0 aromatic heterocycles. The van der Waals surface area contributed by atoms with Crippen molar-refractivity contribution in [3.63, 3.8) is 0 Å². The SMILES string of the molecule is CC1(C)CC(N2CCCC(NC3CC3)C2=O)CC(C)(C)C1. The number of hydrogen-bond acceptors (Lipinski definition) is 2. The Balaban J connectivity index is 1.70. The average molecular weight is 292 g/mol. The maximum Gasteiger partial charge on any atom is 0.239 e. The van der Waals surface area contributed by atoms with E-state index in [1.165, 1.54) is 19.3 Å². The molecule has 2 aliphatic carbocycles. The molecule has 0 spiro atoms. The number of rotatable bonds is 3. The summed E-state index contributed by atoms with van der Waals surface area (Å²) in [4.78, 5) is 15.1. The number of nitrogens with zero attached hydrogens (tertiary/aromatic N) is 1. The van der Waals surface area contributed by atoms with E-state index in [1.54, 1.807) is 0 Å². The van der Waals surface area contributed by atoms with E-state index in [-0.39, 0.29) is 6.04 Å². The third kappa shape index (κ3) is 3.61. The van der Waals surface area contributed by atoms with E-state index in [4.69, 9.17) is 0 Å². The van der Waals surface area contributed by atoms with Gasteiger partial charge in [0.25, 0.3) is 0 Å². The topological polar surface area (TPSA) is 32.3 Å². The van der Waals surface area contributed by atoms with Gasteiger partial charge in [0.1, 0.15) is 0 Å². The molecule has 1 saturated heterocycles. The van der Waals surface area contributed by atoms with Gasteiger partial charge >= 0.3 is 0 Å². The van der Waals surface area contributed by atoms with Gasteiger partial charge in [0.15, 0.2) is 0 Å². The number of amides is 1. The van der Waals surface area contributed by atoms with E-state index in [9.17, 15) is 4.79 Å². The third-order valence-corrected chi connectivity index (χ3v) is 5.46. The minimum atomic E-state index is 0.0967. The van der Waals surface area contributed by atoms with E-state index in [0.29, 0.717) is 28.8 Å². The molecule has 0 aromatic carbocycles. The van der Waals surface area contributed by atoms with Crippen LogP contribution in [0.2, 0.25) is 0 Å². The number of carbonyl (C=O) groups is 1. The first-order valence-electron chi connectivity index (χ1n) is 8.82. The van der Waals surface area contributed by atoms with Crippen LogP contribution in [0.15, 0.2) is 0 Å². The normalized spacial score (nSPS) is 33.2. The summed E-state index contributed by atoms with van der Waals surface area (Å²) in [5.74, 6) is 0.381. The second-order valence-corrected chi connectivity index (χ2v) is 9.23. The highest BCUT2D eigenvalue weighted by molar-refractivity contribution is 5.83. The molecule has 0 bridgehead atoms. The summed E-state index contributed by atoms with van der Waals surface area (Å²) >= 11 is 0. The lowest BCUT2D eigenvalue weighted by atomic mass is 9.63. The fourth-order valence-corrected chi connectivity index (χ4v) is 4.96. The Kier molecular flexibility index (Phi) is 3.84. The van der Waals surface area contributed by atoms with Crippen LogP contribution < -0.4 is 5.32 Å². The van der Waals surface area contributed by atoms with Crippen LogP contribution >= 0.6 is 0 Å². The van der Waals surface area contributed by atoms with Gasteiger partial charge in [-0.1, -0.05) is 27.7 Å². The molecule has 1 atom stereocenters. The molecule has 1 aliphatic heterocycles. The lowest BCUT2D eigenvalue weighted by molar-refractivity contribution is -0.141. The molecule has 1 unspecified atom stereocenters. The van der Waals surface area contributed by atoms with Crippen LogP contribution in [-0.4, -0.2) is 35.5 Å². The van der Waals surface area contributed by atoms with Gasteiger partial charge in [0, 0.05) is 18.6 Å². The maximum atomic E-state index is 12.9. The van der Waals surface area contributed by atoms with Crippen molar-refractivity contribution >= 4 is 5.91 Å². The highest BCUT2D eigenvalue weighted by atomic mass is 16.2. The molecule has 0 radical (unpaired) electrons. The van der Waals surface area contributed by atoms with Gasteiger partial charge < -0.3 is 10.2 Å². The van der Waals surface area contributed by atoms with E-state index in [1.807, 2.05) is 0 Å². The molecule has 3 rings (SSSR count). The Labute approximate surface area is 129 Å². The molecule has 3 aliphatic rings. The molecule has 3 nitrogen and oxygen atoms in total. The summed E-state index contributed by atoms with van der Waals surface area (Å²) in [6, 6.07) is 1.16. The standard InChI is InChI=1S/C18H32N2O/c1-17(2)10-14(11-18(3,4)12-17)20-9-5-6-15(16(20)21)19-13-7-8-13/h13-15,19H,5-12H2,1-4H3. The molecule has 21 heavy (non-hydrogen) atoms. The Morgan fingerprint density at radius 3 is 2.24 bits per heavy atom. The van der Waals surface area contributed by atoms with Crippen LogP contribution in [0.1, 0.15) is 72.6 Å². The summed E-state index contributed by atoms with van der Waals surface area (Å²) in [6.07, 6.45) is 8.30. The van der Waals surface area contributed by atoms with Gasteiger partial charge in [-0.2, -0.15) is 0 Å². The quantitative estimate of drug-likeness (QED) is 0.865. The lowest BCUT2D eigenvalue weighted by Crippen LogP contribution is -2.57. The zero-order chi connectivity index (χ0) is 15.3. The molecule has 1 amide bonds. The van der Waals surface area contributed by atoms with Gasteiger partial charge in [-0.15, -0.1) is 0 Å². The van der Waals surface area contributed by atoms with E-state index in [0.717, 1.165) is 32.2 Å². The van der Waals surface area contributed by atoms with Crippen molar-refractivity contribution in [3.05, 3.63) is 0 Å². The van der Waals surface area contributed by atoms with Crippen molar-refractivity contribution in [2.75, 3.05) is 6.54 Å². The molecule has 120 valence electrons. The van der Waals surface area contributed by atoms with Crippen molar-refractivity contribution in [3.8, 4) is 0 Å². The molecule has 3 fully saturated rings. The highest BCUT2D eigenvalue weighted by Gasteiger charge is 2.44. The predicted octanol–water partition coefficient (Wildman–Crippen LogP) is 3.33. The molecule has 0 aromatic rings. The monoisotopic (exact) mass is 292 g/mol. The molecule has 1 N–H and O–H groups in total. The predicted molar refractivity (Wildman–Crippen MR) is 86.1 cm³/mol. The molecule has 1 heterocycles. The van der Waals surface area contributed by atoms with Crippen LogP contribution in [0.25, 0.3) is 0 Å². The Morgan fingerprint density at radius 2 is 1.67 bits per heavy atom. The Bertz CT molecular complexity index is 395. The molecular formula is C18H32N2O. The van der Waals surface area contributed by atoms with Crippen LogP contribution in [0.3, 0.4) is 0 Å². The van der Waals surface area contributed by atoms with Crippen LogP contribution in [0.4, 0.5) is 0 Å². The van der Waals surface area contributed by atoms with Crippen LogP contribution in [0.5, 0.6) is 0 Å². The zero-order valence-corrected chi connectivity index (χ0v) is 14.2. The summed E-state index contributed by atoms with van der Waals surface area (Å²) in [6.45, 7) is 10.5. The number of hydrogen-bond donors (Lipinski definition) is 1. The summed E-state index contributed by atoms with van der Waals surface area (Å²) in [7, 11) is 0. The van der Waals surface area contributed by atoms with Crippen LogP contribution in [-0.2, 0) is 4.79 Å². The van der Waals surface area contributed by atoms with Crippen molar-refractivity contribution in [1.29, 1.82) is 0 Å². The van der Waals surface area contributed by atoms with Gasteiger partial charge in [-0.25, -0.2) is 0 Å². The lowest BCUT2D eigenvalue weighted by Gasteiger charge is -2.50. The number of likely N-dealkylation sites (tertiary alicyclic amines) is 1. The minimum Gasteiger partial charge on any atom is -0.338 e. The van der Waals surface area contributed by atoms with Gasteiger partial charge in [0.2, 0.25) is 5.91 Å². The maximum absolute atomic E-state index is 12.9. The Morgan fingerprint density at radius 1 is 1.05 bits per heavy atom. The fourth-order valence-electron chi connectivity index (χ4n) is 4.96. The van der Waals surface area contributed by atoms with E-state index >= 15 is 0 Å². The van der Waals surface area contributed by atoms with Crippen molar-refractivity contribution in [2.24, 2.45) is 10.8 Å². The minimum absolute atomic E-state index is 0.0967. The van der Waals surface area contributed by atoms with Gasteiger partial charge in [-0.05, 0) is 55.8 Å². The molecule has 2 saturated carbocycles. The smallest absolute Gasteiger partial charge is 0.239 e. The van der Waals surface area contributed by atoms with Crippen LogP contribution in [0, 0.1) is 10.8 Å². The fraction of sp³-hybridized carbons (Fsp3) is 0.944. The van der Waals surface area contributed by atoms with Crippen molar-refractivity contribution in [2.45, 2.75) is 90.8 Å². The first-order chi connectivity index (χ1) is 9.76. The molecular weight excluding hydrogens is 260 g/mol. The van der Waals surface area contributed by atoms with Crippen molar-refractivity contribution in [1.82, 2.24) is 10.2 Å². The van der Waals surface area contributed by atoms with E-state index in [2.05, 4.69) is 37.9 Å². The summed E-state index contributed by atoms with van der Waals surface area (Å²) < 4.78 is 0. The first kappa shape index (κ1) is 15.3. The second-order valence-electron chi connectivity index (χ2n) is 9.23. The highest BCUT2D eigenvalue weighted by Crippen LogP contribution is 2.47. The first-order valence-corrected chi connectivity index (χ1v) is 8.82. The number of carbonyl (C=O) groups excluding carboxylic acids is 1. The number of nitrogens with one attached hydrogen (secondary N) is 1. The second kappa shape index (κ2) is 5.26. The largest absolute Gasteiger partial charge is 0.338 e. The zero-order valence-electron chi connectivity index (χ0n) is 14.2. The number of piperidine rings is 1.